The van der Waals surface area contributed by atoms with Crippen molar-refractivity contribution in [1.29, 1.82) is 0 Å². The molecule has 0 aliphatic carbocycles. The van der Waals surface area contributed by atoms with E-state index in [4.69, 9.17) is 5.11 Å². The van der Waals surface area contributed by atoms with Gasteiger partial charge in [0.05, 0.1) is 11.6 Å². The Bertz CT molecular complexity index is 693. The number of aliphatic carboxylic acids is 2. The first kappa shape index (κ1) is 23.9. The molecule has 1 amide bonds. The highest BCUT2D eigenvalue weighted by atomic mass is 127. The average Bonchev–Trinajstić information content (AvgIpc) is 2.53. The molecule has 0 heterocycles. The molecule has 144 valence electrons. The summed E-state index contributed by atoms with van der Waals surface area (Å²) in [7, 11) is 0. The third-order valence-corrected chi connectivity index (χ3v) is 6.75. The minimum atomic E-state index is -0.933. The lowest BCUT2D eigenvalue weighted by molar-refractivity contribution is -0.143. The smallest absolute Gasteiger partial charge is 0.306 e. The highest BCUT2D eigenvalue weighted by molar-refractivity contribution is 14.1. The molecule has 1 atom stereocenters. The summed E-state index contributed by atoms with van der Waals surface area (Å²) in [5.74, 6) is -2.58. The zero-order valence-electron chi connectivity index (χ0n) is 14.2. The van der Waals surface area contributed by atoms with Crippen molar-refractivity contribution in [2.24, 2.45) is 5.92 Å². The van der Waals surface area contributed by atoms with Gasteiger partial charge in [-0.05, 0) is 105 Å². The zero-order valence-corrected chi connectivity index (χ0v) is 20.6. The van der Waals surface area contributed by atoms with Crippen molar-refractivity contribution in [3.8, 4) is 0 Å². The number of rotatable bonds is 10. The van der Waals surface area contributed by atoms with E-state index in [9.17, 15) is 19.5 Å². The van der Waals surface area contributed by atoms with Crippen LogP contribution < -0.4 is 5.32 Å². The van der Waals surface area contributed by atoms with Gasteiger partial charge in [-0.3, -0.25) is 14.4 Å². The Morgan fingerprint density at radius 1 is 1.12 bits per heavy atom. The molecular formula is C17H20I3NO5. The van der Waals surface area contributed by atoms with Gasteiger partial charge in [0.15, 0.2) is 0 Å². The Hall–Kier alpha value is -0.180. The van der Waals surface area contributed by atoms with Crippen LogP contribution in [0.4, 0.5) is 5.69 Å². The molecule has 0 aliphatic heterocycles. The summed E-state index contributed by atoms with van der Waals surface area (Å²) in [6, 6.07) is 1.93. The Labute approximate surface area is 193 Å². The fraction of sp³-hybridized carbons (Fsp3) is 0.471. The van der Waals surface area contributed by atoms with Crippen LogP contribution in [0, 0.1) is 16.6 Å². The van der Waals surface area contributed by atoms with E-state index in [1.165, 1.54) is 0 Å². The van der Waals surface area contributed by atoms with Crippen LogP contribution in [0.25, 0.3) is 0 Å². The van der Waals surface area contributed by atoms with Crippen molar-refractivity contribution in [2.75, 3.05) is 5.32 Å². The van der Waals surface area contributed by atoms with Crippen LogP contribution in [0.3, 0.4) is 0 Å². The van der Waals surface area contributed by atoms with E-state index in [0.717, 1.165) is 28.4 Å². The second kappa shape index (κ2) is 11.6. The third kappa shape index (κ3) is 7.44. The summed E-state index contributed by atoms with van der Waals surface area (Å²) in [4.78, 5) is 34.2. The molecule has 26 heavy (non-hydrogen) atoms. The molecule has 1 rings (SSSR count). The zero-order chi connectivity index (χ0) is 19.9. The first-order valence-electron chi connectivity index (χ1n) is 8.08. The third-order valence-electron chi connectivity index (χ3n) is 3.75. The number of carbonyl (C=O) groups is 3. The molecular weight excluding hydrogens is 679 g/mol. The number of carboxylic acids is 2. The van der Waals surface area contributed by atoms with E-state index >= 15 is 0 Å². The maximum atomic E-state index is 12.0. The van der Waals surface area contributed by atoms with Gasteiger partial charge in [0, 0.05) is 23.6 Å². The van der Waals surface area contributed by atoms with E-state index in [-0.39, 0.29) is 12.3 Å². The topological polar surface area (TPSA) is 104 Å². The van der Waals surface area contributed by atoms with Gasteiger partial charge in [0.1, 0.15) is 0 Å². The van der Waals surface area contributed by atoms with Gasteiger partial charge >= 0.3 is 11.9 Å². The van der Waals surface area contributed by atoms with Crippen LogP contribution in [-0.2, 0) is 20.8 Å². The number of halogens is 3. The van der Waals surface area contributed by atoms with E-state index < -0.39 is 17.9 Å². The molecule has 1 unspecified atom stereocenters. The van der Waals surface area contributed by atoms with Gasteiger partial charge < -0.3 is 15.5 Å². The van der Waals surface area contributed by atoms with Gasteiger partial charge in [-0.25, -0.2) is 0 Å². The van der Waals surface area contributed by atoms with Crippen molar-refractivity contribution < 1.29 is 24.6 Å². The highest BCUT2D eigenvalue weighted by Crippen LogP contribution is 2.34. The SMILES string of the molecule is CCCC(=O)Nc1c(I)cc(I)c(CC(CCCC(=O)O)C(=O)O)c1I. The fourth-order valence-electron chi connectivity index (χ4n) is 2.42. The number of anilines is 1. The van der Waals surface area contributed by atoms with Crippen LogP contribution in [0.15, 0.2) is 6.07 Å². The number of hydrogen-bond donors (Lipinski definition) is 3. The summed E-state index contributed by atoms with van der Waals surface area (Å²) < 4.78 is 2.68. The quantitative estimate of drug-likeness (QED) is 0.307. The molecule has 0 bridgehead atoms. The monoisotopic (exact) mass is 699 g/mol. The highest BCUT2D eigenvalue weighted by Gasteiger charge is 2.23. The normalized spacial score (nSPS) is 11.8. The summed E-state index contributed by atoms with van der Waals surface area (Å²) >= 11 is 6.48. The van der Waals surface area contributed by atoms with Crippen LogP contribution >= 0.6 is 67.8 Å². The van der Waals surface area contributed by atoms with Gasteiger partial charge in [0.25, 0.3) is 0 Å². The van der Waals surface area contributed by atoms with E-state index in [2.05, 4.69) is 73.1 Å². The van der Waals surface area contributed by atoms with E-state index in [1.807, 2.05) is 13.0 Å². The van der Waals surface area contributed by atoms with Crippen molar-refractivity contribution >= 4 is 91.3 Å². The van der Waals surface area contributed by atoms with Gasteiger partial charge in [-0.15, -0.1) is 0 Å². The Morgan fingerprint density at radius 3 is 2.31 bits per heavy atom. The number of nitrogens with one attached hydrogen (secondary N) is 1. The van der Waals surface area contributed by atoms with Crippen molar-refractivity contribution in [2.45, 2.75) is 45.4 Å². The molecule has 0 fully saturated rings. The Balaban J connectivity index is 3.07. The van der Waals surface area contributed by atoms with Gasteiger partial charge in [0.2, 0.25) is 5.91 Å². The molecule has 0 radical (unpaired) electrons. The lowest BCUT2D eigenvalue weighted by Crippen LogP contribution is -2.20. The number of carboxylic acid groups (broad SMARTS) is 2. The molecule has 1 aromatic rings. The molecule has 0 aromatic heterocycles. The number of amides is 1. The lowest BCUT2D eigenvalue weighted by atomic mass is 9.94. The predicted octanol–water partition coefficient (Wildman–Crippen LogP) is 4.74. The molecule has 9 heteroatoms. The number of hydrogen-bond acceptors (Lipinski definition) is 3. The predicted molar refractivity (Wildman–Crippen MR) is 124 cm³/mol. The van der Waals surface area contributed by atoms with Crippen LogP contribution in [0.1, 0.15) is 44.6 Å². The van der Waals surface area contributed by atoms with Crippen molar-refractivity contribution in [3.05, 3.63) is 22.3 Å². The average molecular weight is 699 g/mol. The second-order valence-electron chi connectivity index (χ2n) is 5.83. The molecule has 0 aliphatic rings. The second-order valence-corrected chi connectivity index (χ2v) is 9.23. The molecule has 0 saturated heterocycles. The van der Waals surface area contributed by atoms with E-state index in [0.29, 0.717) is 25.7 Å². The molecule has 1 aromatic carbocycles. The summed E-state index contributed by atoms with van der Waals surface area (Å²) in [6.07, 6.45) is 2.07. The summed E-state index contributed by atoms with van der Waals surface area (Å²) in [5, 5.41) is 21.2. The first-order chi connectivity index (χ1) is 12.2. The van der Waals surface area contributed by atoms with Crippen LogP contribution in [0.2, 0.25) is 0 Å². The maximum Gasteiger partial charge on any atom is 0.306 e. The summed E-state index contributed by atoms with van der Waals surface area (Å²) in [6.45, 7) is 1.93. The van der Waals surface area contributed by atoms with Crippen LogP contribution in [-0.4, -0.2) is 28.1 Å². The molecule has 3 N–H and O–H groups in total. The molecule has 6 nitrogen and oxygen atoms in total. The Kier molecular flexibility index (Phi) is 10.7. The van der Waals surface area contributed by atoms with Crippen molar-refractivity contribution in [1.82, 2.24) is 0 Å². The first-order valence-corrected chi connectivity index (χ1v) is 11.3. The Morgan fingerprint density at radius 2 is 1.77 bits per heavy atom. The maximum absolute atomic E-state index is 12.0. The van der Waals surface area contributed by atoms with Crippen molar-refractivity contribution in [3.63, 3.8) is 0 Å². The van der Waals surface area contributed by atoms with E-state index in [1.54, 1.807) is 0 Å². The number of carbonyl (C=O) groups excluding carboxylic acids is 1. The minimum Gasteiger partial charge on any atom is -0.481 e. The minimum absolute atomic E-state index is 0.0387. The van der Waals surface area contributed by atoms with Gasteiger partial charge in [-0.1, -0.05) is 6.92 Å². The summed E-state index contributed by atoms with van der Waals surface area (Å²) in [5.41, 5.74) is 1.59. The molecule has 0 spiro atoms. The number of benzene rings is 1. The lowest BCUT2D eigenvalue weighted by Gasteiger charge is -2.18. The largest absolute Gasteiger partial charge is 0.481 e. The standard InChI is InChI=1S/C17H20I3NO5/c1-2-4-13(22)21-16-12(19)8-11(18)10(15(16)20)7-9(17(25)26)5-3-6-14(23)24/h8-9H,2-7H2,1H3,(H,21,22)(H,23,24)(H,25,26). The molecule has 0 saturated carbocycles. The van der Waals surface area contributed by atoms with Gasteiger partial charge in [-0.2, -0.15) is 0 Å². The fourth-order valence-corrected chi connectivity index (χ4v) is 6.50. The van der Waals surface area contributed by atoms with Crippen LogP contribution in [0.5, 0.6) is 0 Å².